The average molecular weight is 882 g/mol. The highest BCUT2D eigenvalue weighted by Gasteiger charge is 2.24. The van der Waals surface area contributed by atoms with Crippen LogP contribution in [0.3, 0.4) is 0 Å². The molecule has 0 fully saturated rings. The van der Waals surface area contributed by atoms with Gasteiger partial charge < -0.3 is 0 Å². The third-order valence-electron chi connectivity index (χ3n) is 12.8. The summed E-state index contributed by atoms with van der Waals surface area (Å²) in [5, 5.41) is 4.54. The summed E-state index contributed by atoms with van der Waals surface area (Å²) in [7, 11) is 0. The molecule has 0 aliphatic carbocycles. The van der Waals surface area contributed by atoms with Crippen molar-refractivity contribution >= 4 is 32.6 Å². The van der Waals surface area contributed by atoms with E-state index in [9.17, 15) is 0 Å². The van der Waals surface area contributed by atoms with Gasteiger partial charge >= 0.3 is 0 Å². The van der Waals surface area contributed by atoms with E-state index in [2.05, 4.69) is 150 Å². The lowest BCUT2D eigenvalue weighted by Crippen LogP contribution is -2.07. The Labute approximate surface area is 398 Å². The van der Waals surface area contributed by atoms with E-state index >= 15 is 0 Å². The minimum atomic E-state index is 0.446. The van der Waals surface area contributed by atoms with Crippen LogP contribution in [0.5, 0.6) is 0 Å². The molecule has 0 unspecified atom stereocenters. The van der Waals surface area contributed by atoms with E-state index in [1.165, 1.54) is 0 Å². The van der Waals surface area contributed by atoms with E-state index in [-0.39, 0.29) is 0 Å². The van der Waals surface area contributed by atoms with Gasteiger partial charge in [0.15, 0.2) is 11.6 Å². The third-order valence-corrected chi connectivity index (χ3v) is 12.8. The van der Waals surface area contributed by atoms with Crippen molar-refractivity contribution in [2.24, 2.45) is 0 Å². The largest absolute Gasteiger partial charge is 0.278 e. The van der Waals surface area contributed by atoms with E-state index < -0.39 is 0 Å². The van der Waals surface area contributed by atoms with Gasteiger partial charge in [-0.25, -0.2) is 29.9 Å². The van der Waals surface area contributed by atoms with Crippen molar-refractivity contribution in [1.82, 2.24) is 34.5 Å². The molecule has 0 saturated carbocycles. The summed E-state index contributed by atoms with van der Waals surface area (Å²) in [4.78, 5) is 32.3. The van der Waals surface area contributed by atoms with Gasteiger partial charge in [-0.2, -0.15) is 0 Å². The quantitative estimate of drug-likeness (QED) is 0.134. The molecule has 0 radical (unpaired) electrons. The molecule has 13 aromatic rings. The fourth-order valence-electron chi connectivity index (χ4n) is 9.49. The molecular formula is C62H39N7. The van der Waals surface area contributed by atoms with Crippen LogP contribution in [-0.2, 0) is 0 Å². The van der Waals surface area contributed by atoms with E-state index in [0.717, 1.165) is 99.9 Å². The number of rotatable bonds is 9. The Morgan fingerprint density at radius 1 is 0.232 bits per heavy atom. The molecule has 7 heteroatoms. The van der Waals surface area contributed by atoms with Gasteiger partial charge in [-0.1, -0.05) is 194 Å². The first-order valence-electron chi connectivity index (χ1n) is 23.0. The lowest BCUT2D eigenvalue weighted by atomic mass is 9.95. The first kappa shape index (κ1) is 39.9. The Hall–Kier alpha value is -9.46. The molecule has 0 spiro atoms. The molecule has 0 aliphatic rings. The predicted molar refractivity (Wildman–Crippen MR) is 280 cm³/mol. The summed E-state index contributed by atoms with van der Waals surface area (Å²) in [5.41, 5.74) is 14.4. The highest BCUT2D eigenvalue weighted by molar-refractivity contribution is 6.25. The van der Waals surface area contributed by atoms with E-state index in [4.69, 9.17) is 29.9 Å². The van der Waals surface area contributed by atoms with Gasteiger partial charge in [-0.15, -0.1) is 0 Å². The molecule has 0 bridgehead atoms. The van der Waals surface area contributed by atoms with Crippen LogP contribution in [0.25, 0.3) is 129 Å². The molecule has 13 rings (SSSR count). The molecule has 322 valence electrons. The van der Waals surface area contributed by atoms with Gasteiger partial charge in [0.2, 0.25) is 5.95 Å². The Morgan fingerprint density at radius 3 is 0.841 bits per heavy atom. The number of benzene rings is 9. The van der Waals surface area contributed by atoms with Crippen molar-refractivity contribution in [2.45, 2.75) is 0 Å². The molecule has 9 aromatic carbocycles. The van der Waals surface area contributed by atoms with Gasteiger partial charge in [0.1, 0.15) is 11.4 Å². The van der Waals surface area contributed by atoms with Crippen molar-refractivity contribution in [3.63, 3.8) is 0 Å². The fraction of sp³-hybridized carbons (Fsp3) is 0. The number of aromatic nitrogens is 7. The molecular weight excluding hydrogens is 843 g/mol. The summed E-state index contributed by atoms with van der Waals surface area (Å²) < 4.78 is 2.22. The first-order chi connectivity index (χ1) is 34.2. The molecule has 0 aliphatic heterocycles. The second-order valence-electron chi connectivity index (χ2n) is 17.1. The summed E-state index contributed by atoms with van der Waals surface area (Å²) in [6, 6.07) is 81.6. The van der Waals surface area contributed by atoms with Gasteiger partial charge in [0.25, 0.3) is 0 Å². The summed E-state index contributed by atoms with van der Waals surface area (Å²) in [6.45, 7) is 0. The van der Waals surface area contributed by atoms with Crippen LogP contribution in [0, 0.1) is 0 Å². The average Bonchev–Trinajstić information content (AvgIpc) is 3.78. The highest BCUT2D eigenvalue weighted by Crippen LogP contribution is 2.43. The van der Waals surface area contributed by atoms with E-state index in [1.54, 1.807) is 0 Å². The highest BCUT2D eigenvalue weighted by atomic mass is 15.2. The van der Waals surface area contributed by atoms with Crippen LogP contribution in [0.15, 0.2) is 237 Å². The summed E-state index contributed by atoms with van der Waals surface area (Å²) in [5.74, 6) is 1.35. The number of nitrogens with zero attached hydrogens (tertiary/aromatic N) is 7. The van der Waals surface area contributed by atoms with Crippen LogP contribution >= 0.6 is 0 Å². The maximum absolute atomic E-state index is 5.54. The zero-order valence-electron chi connectivity index (χ0n) is 37.1. The van der Waals surface area contributed by atoms with Crippen molar-refractivity contribution < 1.29 is 0 Å². The van der Waals surface area contributed by atoms with Crippen molar-refractivity contribution in [3.8, 4) is 96.3 Å². The van der Waals surface area contributed by atoms with Gasteiger partial charge in [-0.3, -0.25) is 4.57 Å². The van der Waals surface area contributed by atoms with Crippen molar-refractivity contribution in [3.05, 3.63) is 237 Å². The van der Waals surface area contributed by atoms with Crippen molar-refractivity contribution in [1.29, 1.82) is 0 Å². The first-order valence-corrected chi connectivity index (χ1v) is 23.0. The molecule has 0 atom stereocenters. The van der Waals surface area contributed by atoms with Crippen LogP contribution < -0.4 is 0 Å². The molecule has 0 N–H and O–H groups in total. The van der Waals surface area contributed by atoms with Crippen LogP contribution in [0.2, 0.25) is 0 Å². The minimum absolute atomic E-state index is 0.446. The third kappa shape index (κ3) is 7.35. The molecule has 4 aromatic heterocycles. The minimum Gasteiger partial charge on any atom is -0.278 e. The lowest BCUT2D eigenvalue weighted by molar-refractivity contribution is 0.977. The second kappa shape index (κ2) is 16.8. The SMILES string of the molecule is c1ccc(-c2cc3ccc4cc(-c5ccccc5)cc5c4c3c(c2)n5-c2nc(-c3nc(-c4ccccc4)cc(-c4ccccc4)n3)cc(-c3nc(-c4ccccc4)cc(-c4ccccc4)n3)n2)cc1. The number of hydrogen-bond acceptors (Lipinski definition) is 6. The van der Waals surface area contributed by atoms with Gasteiger partial charge in [-0.05, 0) is 75.5 Å². The topological polar surface area (TPSA) is 82.3 Å². The molecule has 4 heterocycles. The lowest BCUT2D eigenvalue weighted by Gasteiger charge is -2.14. The van der Waals surface area contributed by atoms with Gasteiger partial charge in [0, 0.05) is 33.0 Å². The summed E-state index contributed by atoms with van der Waals surface area (Å²) in [6.07, 6.45) is 0. The Kier molecular flexibility index (Phi) is 9.68. The van der Waals surface area contributed by atoms with Crippen LogP contribution in [0.1, 0.15) is 0 Å². The monoisotopic (exact) mass is 881 g/mol. The van der Waals surface area contributed by atoms with Crippen LogP contribution in [0.4, 0.5) is 0 Å². The van der Waals surface area contributed by atoms with Crippen molar-refractivity contribution in [2.75, 3.05) is 0 Å². The predicted octanol–water partition coefficient (Wildman–Crippen LogP) is 15.1. The molecule has 7 nitrogen and oxygen atoms in total. The van der Waals surface area contributed by atoms with Gasteiger partial charge in [0.05, 0.1) is 33.8 Å². The maximum atomic E-state index is 5.54. The molecule has 0 amide bonds. The normalized spacial score (nSPS) is 11.5. The number of hydrogen-bond donors (Lipinski definition) is 0. The Balaban J connectivity index is 1.14. The maximum Gasteiger partial charge on any atom is 0.236 e. The Morgan fingerprint density at radius 2 is 0.522 bits per heavy atom. The smallest absolute Gasteiger partial charge is 0.236 e. The zero-order chi connectivity index (χ0) is 45.7. The second-order valence-corrected chi connectivity index (χ2v) is 17.1. The summed E-state index contributed by atoms with van der Waals surface area (Å²) >= 11 is 0. The standard InChI is InChI=1S/C62H39N7/c1-7-19-40(20-8-1)48-33-46-31-32-47-34-49(41-21-9-2-10-22-41)36-57-59(47)58(46)56(35-48)69(57)62-67-54(60-63-50(42-23-11-3-12-24-42)37-51(64-60)43-25-13-4-14-26-43)39-55(68-62)61-65-52(44-27-15-5-16-28-44)38-53(66-61)45-29-17-6-18-30-45/h1-39H. The fourth-order valence-corrected chi connectivity index (χ4v) is 9.49. The Bertz CT molecular complexity index is 3600. The van der Waals surface area contributed by atoms with Crippen LogP contribution in [-0.4, -0.2) is 34.5 Å². The van der Waals surface area contributed by atoms with E-state index in [0.29, 0.717) is 29.0 Å². The zero-order valence-corrected chi connectivity index (χ0v) is 37.1. The molecule has 0 saturated heterocycles. The molecule has 69 heavy (non-hydrogen) atoms. The van der Waals surface area contributed by atoms with E-state index in [1.807, 2.05) is 91.0 Å².